The van der Waals surface area contributed by atoms with Gasteiger partial charge in [0.2, 0.25) is 0 Å². The van der Waals surface area contributed by atoms with Crippen molar-refractivity contribution in [2.75, 3.05) is 33.0 Å². The van der Waals surface area contributed by atoms with E-state index in [-0.39, 0.29) is 0 Å². The summed E-state index contributed by atoms with van der Waals surface area (Å²) in [5.41, 5.74) is 7.37. The lowest BCUT2D eigenvalue weighted by Gasteiger charge is -2.23. The largest absolute Gasteiger partial charge is 0.397 e. The molecule has 0 aliphatic heterocycles. The minimum atomic E-state index is 0.429. The van der Waals surface area contributed by atoms with E-state index in [1.807, 2.05) is 12.1 Å². The summed E-state index contributed by atoms with van der Waals surface area (Å²) in [6.45, 7) is 3.88. The van der Waals surface area contributed by atoms with E-state index in [4.69, 9.17) is 10.5 Å². The Kier molecular flexibility index (Phi) is 5.22. The van der Waals surface area contributed by atoms with Gasteiger partial charge in [0.15, 0.2) is 0 Å². The standard InChI is InChI=1S/C12H21N3O/c1-10(9-16-3)15(2)7-6-12-5-4-11(13)8-14-12/h4-5,8,10H,6-7,9,13H2,1-3H3. The normalized spacial score (nSPS) is 13.0. The second kappa shape index (κ2) is 6.45. The van der Waals surface area contributed by atoms with Gasteiger partial charge in [0.1, 0.15) is 0 Å². The summed E-state index contributed by atoms with van der Waals surface area (Å²) in [5.74, 6) is 0. The zero-order valence-electron chi connectivity index (χ0n) is 10.3. The van der Waals surface area contributed by atoms with Gasteiger partial charge in [-0.05, 0) is 26.1 Å². The first-order valence-corrected chi connectivity index (χ1v) is 5.53. The van der Waals surface area contributed by atoms with E-state index in [1.165, 1.54) is 0 Å². The third-order valence-electron chi connectivity index (χ3n) is 2.73. The SMILES string of the molecule is COCC(C)N(C)CCc1ccc(N)cn1. The topological polar surface area (TPSA) is 51.4 Å². The van der Waals surface area contributed by atoms with Gasteiger partial charge in [0.25, 0.3) is 0 Å². The highest BCUT2D eigenvalue weighted by molar-refractivity contribution is 5.34. The van der Waals surface area contributed by atoms with Gasteiger partial charge < -0.3 is 15.4 Å². The van der Waals surface area contributed by atoms with E-state index < -0.39 is 0 Å². The van der Waals surface area contributed by atoms with Crippen molar-refractivity contribution in [3.8, 4) is 0 Å². The van der Waals surface area contributed by atoms with Gasteiger partial charge in [0.05, 0.1) is 18.5 Å². The number of methoxy groups -OCH3 is 1. The molecule has 1 aromatic rings. The number of aromatic nitrogens is 1. The molecule has 0 aliphatic carbocycles. The van der Waals surface area contributed by atoms with Crippen LogP contribution in [0, 0.1) is 0 Å². The number of pyridine rings is 1. The minimum absolute atomic E-state index is 0.429. The molecule has 1 atom stereocenters. The molecular weight excluding hydrogens is 202 g/mol. The van der Waals surface area contributed by atoms with Crippen LogP contribution in [0.1, 0.15) is 12.6 Å². The van der Waals surface area contributed by atoms with Gasteiger partial charge in [-0.15, -0.1) is 0 Å². The Morgan fingerprint density at radius 1 is 1.50 bits per heavy atom. The first kappa shape index (κ1) is 12.9. The van der Waals surface area contributed by atoms with Crippen LogP contribution in [-0.4, -0.2) is 43.2 Å². The molecule has 0 saturated heterocycles. The molecule has 0 aromatic carbocycles. The Morgan fingerprint density at radius 2 is 2.25 bits per heavy atom. The molecule has 4 heteroatoms. The van der Waals surface area contributed by atoms with E-state index in [0.717, 1.165) is 25.3 Å². The van der Waals surface area contributed by atoms with Gasteiger partial charge in [0, 0.05) is 31.8 Å². The molecule has 0 spiro atoms. The van der Waals surface area contributed by atoms with Gasteiger partial charge in [-0.1, -0.05) is 0 Å². The number of nitrogen functional groups attached to an aromatic ring is 1. The zero-order valence-corrected chi connectivity index (χ0v) is 10.3. The molecule has 1 unspecified atom stereocenters. The number of anilines is 1. The molecule has 2 N–H and O–H groups in total. The van der Waals surface area contributed by atoms with Crippen molar-refractivity contribution < 1.29 is 4.74 Å². The third kappa shape index (κ3) is 4.16. The number of nitrogens with two attached hydrogens (primary N) is 1. The highest BCUT2D eigenvalue weighted by Crippen LogP contribution is 2.04. The van der Waals surface area contributed by atoms with E-state index in [0.29, 0.717) is 11.7 Å². The summed E-state index contributed by atoms with van der Waals surface area (Å²) < 4.78 is 5.12. The van der Waals surface area contributed by atoms with Crippen molar-refractivity contribution in [2.24, 2.45) is 0 Å². The van der Waals surface area contributed by atoms with Crippen molar-refractivity contribution in [3.05, 3.63) is 24.0 Å². The number of ether oxygens (including phenoxy) is 1. The first-order valence-electron chi connectivity index (χ1n) is 5.53. The molecule has 4 nitrogen and oxygen atoms in total. The summed E-state index contributed by atoms with van der Waals surface area (Å²) in [6, 6.07) is 4.30. The summed E-state index contributed by atoms with van der Waals surface area (Å²) >= 11 is 0. The highest BCUT2D eigenvalue weighted by atomic mass is 16.5. The molecule has 1 aromatic heterocycles. The Morgan fingerprint density at radius 3 is 2.81 bits per heavy atom. The summed E-state index contributed by atoms with van der Waals surface area (Å²) in [4.78, 5) is 6.54. The fourth-order valence-corrected chi connectivity index (χ4v) is 1.46. The van der Waals surface area contributed by atoms with Crippen molar-refractivity contribution >= 4 is 5.69 Å². The minimum Gasteiger partial charge on any atom is -0.397 e. The molecular formula is C12H21N3O. The zero-order chi connectivity index (χ0) is 12.0. The molecule has 0 amide bonds. The lowest BCUT2D eigenvalue weighted by molar-refractivity contribution is 0.116. The van der Waals surface area contributed by atoms with Crippen LogP contribution in [0.4, 0.5) is 5.69 Å². The van der Waals surface area contributed by atoms with Crippen molar-refractivity contribution in [1.29, 1.82) is 0 Å². The predicted octanol–water partition coefficient (Wildman–Crippen LogP) is 1.17. The number of likely N-dealkylation sites (N-methyl/N-ethyl adjacent to an activating group) is 1. The van der Waals surface area contributed by atoms with Gasteiger partial charge in [-0.2, -0.15) is 0 Å². The molecule has 16 heavy (non-hydrogen) atoms. The fourth-order valence-electron chi connectivity index (χ4n) is 1.46. The Bertz CT molecular complexity index is 300. The lowest BCUT2D eigenvalue weighted by Crippen LogP contribution is -2.34. The van der Waals surface area contributed by atoms with E-state index >= 15 is 0 Å². The maximum atomic E-state index is 5.58. The van der Waals surface area contributed by atoms with Crippen LogP contribution in [0.2, 0.25) is 0 Å². The smallest absolute Gasteiger partial charge is 0.0615 e. The van der Waals surface area contributed by atoms with Gasteiger partial charge in [-0.3, -0.25) is 4.98 Å². The van der Waals surface area contributed by atoms with Crippen LogP contribution >= 0.6 is 0 Å². The number of rotatable bonds is 6. The van der Waals surface area contributed by atoms with Gasteiger partial charge in [-0.25, -0.2) is 0 Å². The number of nitrogens with zero attached hydrogens (tertiary/aromatic N) is 2. The molecule has 0 bridgehead atoms. The molecule has 0 aliphatic rings. The number of hydrogen-bond donors (Lipinski definition) is 1. The first-order chi connectivity index (χ1) is 7.63. The Balaban J connectivity index is 2.36. The van der Waals surface area contributed by atoms with E-state index in [9.17, 15) is 0 Å². The highest BCUT2D eigenvalue weighted by Gasteiger charge is 2.08. The average Bonchev–Trinajstić information content (AvgIpc) is 2.28. The molecule has 0 radical (unpaired) electrons. The average molecular weight is 223 g/mol. The van der Waals surface area contributed by atoms with Crippen LogP contribution < -0.4 is 5.73 Å². The summed E-state index contributed by atoms with van der Waals surface area (Å²) in [6.07, 6.45) is 2.64. The maximum Gasteiger partial charge on any atom is 0.0615 e. The van der Waals surface area contributed by atoms with Crippen molar-refractivity contribution in [2.45, 2.75) is 19.4 Å². The van der Waals surface area contributed by atoms with Crippen LogP contribution in [0.15, 0.2) is 18.3 Å². The summed E-state index contributed by atoms with van der Waals surface area (Å²) in [5, 5.41) is 0. The monoisotopic (exact) mass is 223 g/mol. The van der Waals surface area contributed by atoms with Crippen LogP contribution in [0.5, 0.6) is 0 Å². The van der Waals surface area contributed by atoms with Crippen molar-refractivity contribution in [3.63, 3.8) is 0 Å². The van der Waals surface area contributed by atoms with E-state index in [1.54, 1.807) is 13.3 Å². The predicted molar refractivity (Wildman–Crippen MR) is 66.3 cm³/mol. The second-order valence-corrected chi connectivity index (χ2v) is 4.12. The van der Waals surface area contributed by atoms with Crippen LogP contribution in [0.3, 0.4) is 0 Å². The number of hydrogen-bond acceptors (Lipinski definition) is 4. The summed E-state index contributed by atoms with van der Waals surface area (Å²) in [7, 11) is 3.83. The molecule has 0 saturated carbocycles. The molecule has 0 fully saturated rings. The maximum absolute atomic E-state index is 5.58. The molecule has 1 heterocycles. The third-order valence-corrected chi connectivity index (χ3v) is 2.73. The van der Waals surface area contributed by atoms with Crippen molar-refractivity contribution in [1.82, 2.24) is 9.88 Å². The second-order valence-electron chi connectivity index (χ2n) is 4.12. The van der Waals surface area contributed by atoms with Crippen LogP contribution in [-0.2, 0) is 11.2 Å². The quantitative estimate of drug-likeness (QED) is 0.786. The Hall–Kier alpha value is -1.13. The fraction of sp³-hybridized carbons (Fsp3) is 0.583. The lowest BCUT2D eigenvalue weighted by atomic mass is 10.2. The van der Waals surface area contributed by atoms with Gasteiger partial charge >= 0.3 is 0 Å². The Labute approximate surface area is 97.4 Å². The molecule has 1 rings (SSSR count). The molecule has 90 valence electrons. The van der Waals surface area contributed by atoms with E-state index in [2.05, 4.69) is 23.9 Å². The van der Waals surface area contributed by atoms with Crippen LogP contribution in [0.25, 0.3) is 0 Å².